The predicted molar refractivity (Wildman–Crippen MR) is 60.9 cm³/mol. The number of hydrogen-bond acceptors (Lipinski definition) is 2. The highest BCUT2D eigenvalue weighted by Crippen LogP contribution is 2.32. The number of rotatable bonds is 3. The van der Waals surface area contributed by atoms with Gasteiger partial charge in [-0.15, -0.1) is 11.3 Å². The number of ether oxygens (including phenoxy) is 1. The van der Waals surface area contributed by atoms with Crippen molar-refractivity contribution in [2.24, 2.45) is 0 Å². The van der Waals surface area contributed by atoms with Crippen molar-refractivity contribution < 1.29 is 4.74 Å². The van der Waals surface area contributed by atoms with Crippen LogP contribution in [-0.4, -0.2) is 6.61 Å². The Morgan fingerprint density at radius 1 is 1.14 bits per heavy atom. The third-order valence-corrected chi connectivity index (χ3v) is 2.88. The zero-order valence-electron chi connectivity index (χ0n) is 8.07. The Morgan fingerprint density at radius 3 is 2.71 bits per heavy atom. The van der Waals surface area contributed by atoms with E-state index >= 15 is 0 Å². The standard InChI is InChI=1S/C12H12OS/c1-2-13-11-7-4-3-6-10(11)12-8-5-9-14-12/h3-9H,2H2,1H3. The lowest BCUT2D eigenvalue weighted by molar-refractivity contribution is 0.341. The van der Waals surface area contributed by atoms with E-state index in [9.17, 15) is 0 Å². The largest absolute Gasteiger partial charge is 0.493 e. The number of benzene rings is 1. The van der Waals surface area contributed by atoms with Gasteiger partial charge < -0.3 is 4.74 Å². The zero-order valence-corrected chi connectivity index (χ0v) is 8.88. The van der Waals surface area contributed by atoms with Gasteiger partial charge in [-0.3, -0.25) is 0 Å². The Morgan fingerprint density at radius 2 is 2.00 bits per heavy atom. The molecule has 0 radical (unpaired) electrons. The van der Waals surface area contributed by atoms with Gasteiger partial charge in [-0.1, -0.05) is 18.2 Å². The first kappa shape index (κ1) is 9.28. The predicted octanol–water partition coefficient (Wildman–Crippen LogP) is 3.81. The summed E-state index contributed by atoms with van der Waals surface area (Å²) in [7, 11) is 0. The van der Waals surface area contributed by atoms with Crippen molar-refractivity contribution in [1.82, 2.24) is 0 Å². The van der Waals surface area contributed by atoms with Gasteiger partial charge in [-0.25, -0.2) is 0 Å². The fourth-order valence-corrected chi connectivity index (χ4v) is 2.14. The monoisotopic (exact) mass is 204 g/mol. The maximum Gasteiger partial charge on any atom is 0.127 e. The Kier molecular flexibility index (Phi) is 2.84. The third kappa shape index (κ3) is 1.80. The average molecular weight is 204 g/mol. The van der Waals surface area contributed by atoms with Crippen molar-refractivity contribution in [1.29, 1.82) is 0 Å². The Labute approximate surface area is 88.0 Å². The van der Waals surface area contributed by atoms with Crippen LogP contribution in [0.4, 0.5) is 0 Å². The van der Waals surface area contributed by atoms with Gasteiger partial charge in [0.1, 0.15) is 5.75 Å². The SMILES string of the molecule is CCOc1ccccc1-c1cccs1. The molecule has 2 aromatic rings. The molecule has 0 N–H and O–H groups in total. The average Bonchev–Trinajstić information content (AvgIpc) is 2.72. The molecule has 1 aromatic carbocycles. The summed E-state index contributed by atoms with van der Waals surface area (Å²) in [6, 6.07) is 12.3. The first-order valence-corrected chi connectivity index (χ1v) is 5.55. The van der Waals surface area contributed by atoms with Crippen molar-refractivity contribution in [2.45, 2.75) is 6.92 Å². The molecule has 0 saturated heterocycles. The molecule has 72 valence electrons. The minimum absolute atomic E-state index is 0.711. The second kappa shape index (κ2) is 4.29. The van der Waals surface area contributed by atoms with E-state index in [1.165, 1.54) is 10.4 Å². The van der Waals surface area contributed by atoms with E-state index in [0.717, 1.165) is 5.75 Å². The van der Waals surface area contributed by atoms with E-state index in [0.29, 0.717) is 6.61 Å². The lowest BCUT2D eigenvalue weighted by Crippen LogP contribution is -1.92. The van der Waals surface area contributed by atoms with Crippen LogP contribution in [0.15, 0.2) is 41.8 Å². The molecule has 2 rings (SSSR count). The van der Waals surface area contributed by atoms with Gasteiger partial charge in [0.2, 0.25) is 0 Å². The third-order valence-electron chi connectivity index (χ3n) is 1.97. The van der Waals surface area contributed by atoms with Crippen LogP contribution in [0.3, 0.4) is 0 Å². The van der Waals surface area contributed by atoms with Crippen LogP contribution in [0.1, 0.15) is 6.92 Å². The Balaban J connectivity index is 2.42. The molecule has 0 aliphatic carbocycles. The van der Waals surface area contributed by atoms with Crippen LogP contribution in [-0.2, 0) is 0 Å². The second-order valence-electron chi connectivity index (χ2n) is 2.91. The molecule has 0 spiro atoms. The van der Waals surface area contributed by atoms with Crippen molar-refractivity contribution in [2.75, 3.05) is 6.61 Å². The van der Waals surface area contributed by atoms with E-state index in [1.54, 1.807) is 11.3 Å². The van der Waals surface area contributed by atoms with Crippen molar-refractivity contribution in [3.05, 3.63) is 41.8 Å². The van der Waals surface area contributed by atoms with Gasteiger partial charge in [0.15, 0.2) is 0 Å². The van der Waals surface area contributed by atoms with Gasteiger partial charge in [-0.05, 0) is 30.5 Å². The van der Waals surface area contributed by atoms with Crippen molar-refractivity contribution >= 4 is 11.3 Å². The van der Waals surface area contributed by atoms with Gasteiger partial charge >= 0.3 is 0 Å². The summed E-state index contributed by atoms with van der Waals surface area (Å²) in [6.07, 6.45) is 0. The fourth-order valence-electron chi connectivity index (χ4n) is 1.38. The summed E-state index contributed by atoms with van der Waals surface area (Å²) < 4.78 is 5.57. The zero-order chi connectivity index (χ0) is 9.80. The van der Waals surface area contributed by atoms with Crippen LogP contribution in [0, 0.1) is 0 Å². The van der Waals surface area contributed by atoms with Crippen molar-refractivity contribution in [3.8, 4) is 16.2 Å². The highest BCUT2D eigenvalue weighted by Gasteiger charge is 2.04. The first-order chi connectivity index (χ1) is 6.92. The van der Waals surface area contributed by atoms with Crippen LogP contribution in [0.2, 0.25) is 0 Å². The van der Waals surface area contributed by atoms with Crippen LogP contribution < -0.4 is 4.74 Å². The maximum absolute atomic E-state index is 5.57. The summed E-state index contributed by atoms with van der Waals surface area (Å²) >= 11 is 1.74. The Bertz CT molecular complexity index is 392. The number of para-hydroxylation sites is 1. The van der Waals surface area contributed by atoms with Gasteiger partial charge in [0.25, 0.3) is 0 Å². The molecule has 1 heterocycles. The summed E-state index contributed by atoms with van der Waals surface area (Å²) in [5.74, 6) is 0.970. The molecule has 0 aliphatic rings. The maximum atomic E-state index is 5.57. The van der Waals surface area contributed by atoms with Crippen LogP contribution in [0.5, 0.6) is 5.75 Å². The first-order valence-electron chi connectivity index (χ1n) is 4.67. The molecule has 0 atom stereocenters. The Hall–Kier alpha value is -1.28. The molecule has 1 nitrogen and oxygen atoms in total. The number of thiophene rings is 1. The lowest BCUT2D eigenvalue weighted by atomic mass is 10.1. The molecule has 0 saturated carbocycles. The molecule has 0 bridgehead atoms. The molecule has 0 aliphatic heterocycles. The highest BCUT2D eigenvalue weighted by atomic mass is 32.1. The molecule has 2 heteroatoms. The van der Waals surface area contributed by atoms with Crippen LogP contribution >= 0.6 is 11.3 Å². The van der Waals surface area contributed by atoms with E-state index in [-0.39, 0.29) is 0 Å². The van der Waals surface area contributed by atoms with E-state index in [4.69, 9.17) is 4.74 Å². The smallest absolute Gasteiger partial charge is 0.127 e. The highest BCUT2D eigenvalue weighted by molar-refractivity contribution is 7.13. The summed E-state index contributed by atoms with van der Waals surface area (Å²) in [5, 5.41) is 2.08. The lowest BCUT2D eigenvalue weighted by Gasteiger charge is -2.07. The second-order valence-corrected chi connectivity index (χ2v) is 3.85. The van der Waals surface area contributed by atoms with Crippen LogP contribution in [0.25, 0.3) is 10.4 Å². The summed E-state index contributed by atoms with van der Waals surface area (Å²) in [6.45, 7) is 2.72. The van der Waals surface area contributed by atoms with E-state index in [1.807, 2.05) is 25.1 Å². The number of hydrogen-bond donors (Lipinski definition) is 0. The fraction of sp³-hybridized carbons (Fsp3) is 0.167. The normalized spacial score (nSPS) is 10.1. The molecular weight excluding hydrogens is 192 g/mol. The van der Waals surface area contributed by atoms with E-state index in [2.05, 4.69) is 23.6 Å². The quantitative estimate of drug-likeness (QED) is 0.738. The molecule has 1 aromatic heterocycles. The minimum Gasteiger partial charge on any atom is -0.493 e. The molecule has 0 amide bonds. The van der Waals surface area contributed by atoms with Crippen molar-refractivity contribution in [3.63, 3.8) is 0 Å². The van der Waals surface area contributed by atoms with E-state index < -0.39 is 0 Å². The van der Waals surface area contributed by atoms with Gasteiger partial charge in [0, 0.05) is 10.4 Å². The molecule has 0 unspecified atom stereocenters. The molecule has 0 fully saturated rings. The minimum atomic E-state index is 0.711. The summed E-state index contributed by atoms with van der Waals surface area (Å²) in [5.41, 5.74) is 1.18. The molecule has 14 heavy (non-hydrogen) atoms. The van der Waals surface area contributed by atoms with Gasteiger partial charge in [0.05, 0.1) is 6.61 Å². The van der Waals surface area contributed by atoms with Gasteiger partial charge in [-0.2, -0.15) is 0 Å². The topological polar surface area (TPSA) is 9.23 Å². The summed E-state index contributed by atoms with van der Waals surface area (Å²) in [4.78, 5) is 1.26. The molecular formula is C12H12OS.